The minimum Gasteiger partial charge on any atom is -0.306 e. The molecule has 1 atom stereocenters. The van der Waals surface area contributed by atoms with Gasteiger partial charge in [-0.15, -0.1) is 0 Å². The van der Waals surface area contributed by atoms with Crippen LogP contribution in [0.2, 0.25) is 0 Å². The lowest BCUT2D eigenvalue weighted by atomic mass is 9.90. The highest BCUT2D eigenvalue weighted by molar-refractivity contribution is 5.26. The summed E-state index contributed by atoms with van der Waals surface area (Å²) in [5.41, 5.74) is 2.73. The third-order valence-corrected chi connectivity index (χ3v) is 3.60. The molecule has 0 spiro atoms. The molecule has 1 saturated heterocycles. The highest BCUT2D eigenvalue weighted by Gasteiger charge is 2.18. The van der Waals surface area contributed by atoms with Crippen LogP contribution in [0, 0.1) is 11.3 Å². The lowest BCUT2D eigenvalue weighted by Gasteiger charge is -2.30. The van der Waals surface area contributed by atoms with Crippen LogP contribution in [-0.2, 0) is 6.42 Å². The van der Waals surface area contributed by atoms with Crippen LogP contribution in [0.3, 0.4) is 0 Å². The highest BCUT2D eigenvalue weighted by Crippen LogP contribution is 2.26. The van der Waals surface area contributed by atoms with Gasteiger partial charge in [0.05, 0.1) is 6.07 Å². The van der Waals surface area contributed by atoms with Crippen molar-refractivity contribution in [1.29, 1.82) is 5.26 Å². The van der Waals surface area contributed by atoms with Crippen LogP contribution in [0.25, 0.3) is 0 Å². The Morgan fingerprint density at radius 1 is 1.35 bits per heavy atom. The first-order valence-corrected chi connectivity index (χ1v) is 6.44. The van der Waals surface area contributed by atoms with Gasteiger partial charge in [0, 0.05) is 13.0 Å². The van der Waals surface area contributed by atoms with E-state index in [9.17, 15) is 0 Å². The summed E-state index contributed by atoms with van der Waals surface area (Å²) in [6.07, 6.45) is 4.10. The van der Waals surface area contributed by atoms with E-state index in [1.165, 1.54) is 37.1 Å². The maximum absolute atomic E-state index is 8.56. The summed E-state index contributed by atoms with van der Waals surface area (Å²) in [5, 5.41) is 8.56. The summed E-state index contributed by atoms with van der Waals surface area (Å²) in [6, 6.07) is 11.1. The molecule has 2 heteroatoms. The molecule has 0 amide bonds. The molecule has 0 radical (unpaired) electrons. The number of likely N-dealkylation sites (N-methyl/N-ethyl adjacent to an activating group) is 1. The van der Waals surface area contributed by atoms with E-state index in [0.29, 0.717) is 12.3 Å². The number of benzene rings is 1. The van der Waals surface area contributed by atoms with Crippen molar-refractivity contribution in [1.82, 2.24) is 4.90 Å². The molecule has 1 heterocycles. The van der Waals surface area contributed by atoms with E-state index >= 15 is 0 Å². The van der Waals surface area contributed by atoms with E-state index in [0.717, 1.165) is 6.42 Å². The molecule has 0 saturated carbocycles. The van der Waals surface area contributed by atoms with Gasteiger partial charge in [0.2, 0.25) is 0 Å². The molecule has 1 aliphatic heterocycles. The van der Waals surface area contributed by atoms with Crippen molar-refractivity contribution < 1.29 is 0 Å². The second-order valence-electron chi connectivity index (χ2n) is 5.00. The molecule has 90 valence electrons. The third-order valence-electron chi connectivity index (χ3n) is 3.60. The lowest BCUT2D eigenvalue weighted by Crippen LogP contribution is -2.30. The Balaban J connectivity index is 1.99. The quantitative estimate of drug-likeness (QED) is 0.795. The maximum atomic E-state index is 8.56. The summed E-state index contributed by atoms with van der Waals surface area (Å²) in [7, 11) is 2.20. The molecular weight excluding hydrogens is 208 g/mol. The number of hydrogen-bond donors (Lipinski definition) is 0. The zero-order valence-corrected chi connectivity index (χ0v) is 10.5. The maximum Gasteiger partial charge on any atom is 0.0625 e. The molecule has 2 rings (SSSR count). The van der Waals surface area contributed by atoms with Crippen LogP contribution < -0.4 is 0 Å². The van der Waals surface area contributed by atoms with Crippen molar-refractivity contribution in [2.45, 2.75) is 31.6 Å². The average Bonchev–Trinajstić information content (AvgIpc) is 2.37. The SMILES string of the molecule is CN1CCCC(c2ccc(CCC#N)cc2)C1. The number of nitriles is 1. The Kier molecular flexibility index (Phi) is 4.17. The minimum absolute atomic E-state index is 0.617. The predicted molar refractivity (Wildman–Crippen MR) is 69.8 cm³/mol. The van der Waals surface area contributed by atoms with Gasteiger partial charge >= 0.3 is 0 Å². The minimum atomic E-state index is 0.617. The van der Waals surface area contributed by atoms with Crippen LogP contribution in [-0.4, -0.2) is 25.0 Å². The van der Waals surface area contributed by atoms with Crippen LogP contribution in [0.5, 0.6) is 0 Å². The van der Waals surface area contributed by atoms with E-state index in [2.05, 4.69) is 42.3 Å². The molecule has 2 nitrogen and oxygen atoms in total. The van der Waals surface area contributed by atoms with Gasteiger partial charge in [0.15, 0.2) is 0 Å². The first kappa shape index (κ1) is 12.1. The third kappa shape index (κ3) is 3.31. The lowest BCUT2D eigenvalue weighted by molar-refractivity contribution is 0.251. The molecule has 17 heavy (non-hydrogen) atoms. The Morgan fingerprint density at radius 2 is 2.12 bits per heavy atom. The Bertz CT molecular complexity index is 388. The van der Waals surface area contributed by atoms with Crippen molar-refractivity contribution in [3.8, 4) is 6.07 Å². The number of aryl methyl sites for hydroxylation is 1. The molecule has 1 unspecified atom stereocenters. The monoisotopic (exact) mass is 228 g/mol. The smallest absolute Gasteiger partial charge is 0.0625 e. The molecular formula is C15H20N2. The van der Waals surface area contributed by atoms with Crippen LogP contribution in [0.1, 0.15) is 36.3 Å². The Morgan fingerprint density at radius 3 is 2.76 bits per heavy atom. The fraction of sp³-hybridized carbons (Fsp3) is 0.533. The molecule has 0 N–H and O–H groups in total. The van der Waals surface area contributed by atoms with Gasteiger partial charge in [-0.25, -0.2) is 0 Å². The molecule has 0 aromatic heterocycles. The first-order chi connectivity index (χ1) is 8.29. The summed E-state index contributed by atoms with van der Waals surface area (Å²) in [5.74, 6) is 0.693. The van der Waals surface area contributed by atoms with E-state index in [1.54, 1.807) is 0 Å². The van der Waals surface area contributed by atoms with Crippen molar-refractivity contribution in [3.63, 3.8) is 0 Å². The zero-order valence-electron chi connectivity index (χ0n) is 10.5. The molecule has 1 aromatic carbocycles. The average molecular weight is 228 g/mol. The molecule has 0 aliphatic carbocycles. The predicted octanol–water partition coefficient (Wildman–Crippen LogP) is 2.95. The van der Waals surface area contributed by atoms with Crippen LogP contribution >= 0.6 is 0 Å². The van der Waals surface area contributed by atoms with E-state index in [-0.39, 0.29) is 0 Å². The van der Waals surface area contributed by atoms with Crippen molar-refractivity contribution in [2.24, 2.45) is 0 Å². The van der Waals surface area contributed by atoms with E-state index < -0.39 is 0 Å². The molecule has 0 bridgehead atoms. The van der Waals surface area contributed by atoms with Gasteiger partial charge in [0.25, 0.3) is 0 Å². The standard InChI is InChI=1S/C15H20N2/c1-17-11-3-5-15(12-17)14-8-6-13(7-9-14)4-2-10-16/h6-9,15H,2-5,11-12H2,1H3. The van der Waals surface area contributed by atoms with E-state index in [1.807, 2.05) is 0 Å². The van der Waals surface area contributed by atoms with E-state index in [4.69, 9.17) is 5.26 Å². The number of nitrogens with zero attached hydrogens (tertiary/aromatic N) is 2. The second-order valence-corrected chi connectivity index (χ2v) is 5.00. The number of likely N-dealkylation sites (tertiary alicyclic amines) is 1. The molecule has 1 fully saturated rings. The van der Waals surface area contributed by atoms with Gasteiger partial charge in [-0.2, -0.15) is 5.26 Å². The number of piperidine rings is 1. The Hall–Kier alpha value is -1.33. The van der Waals surface area contributed by atoms with Crippen LogP contribution in [0.15, 0.2) is 24.3 Å². The largest absolute Gasteiger partial charge is 0.306 e. The van der Waals surface area contributed by atoms with Gasteiger partial charge in [-0.1, -0.05) is 24.3 Å². The summed E-state index contributed by atoms with van der Waals surface area (Å²) < 4.78 is 0. The van der Waals surface area contributed by atoms with Crippen LogP contribution in [0.4, 0.5) is 0 Å². The highest BCUT2D eigenvalue weighted by atomic mass is 15.1. The zero-order chi connectivity index (χ0) is 12.1. The fourth-order valence-corrected chi connectivity index (χ4v) is 2.60. The molecule has 1 aromatic rings. The topological polar surface area (TPSA) is 27.0 Å². The van der Waals surface area contributed by atoms with Gasteiger partial charge in [0.1, 0.15) is 0 Å². The number of hydrogen-bond acceptors (Lipinski definition) is 2. The fourth-order valence-electron chi connectivity index (χ4n) is 2.60. The van der Waals surface area contributed by atoms with Gasteiger partial charge < -0.3 is 4.90 Å². The molecule has 1 aliphatic rings. The second kappa shape index (κ2) is 5.84. The van der Waals surface area contributed by atoms with Gasteiger partial charge in [-0.05, 0) is 49.9 Å². The van der Waals surface area contributed by atoms with Crippen molar-refractivity contribution >= 4 is 0 Å². The number of rotatable bonds is 3. The Labute approximate surface area is 104 Å². The summed E-state index contributed by atoms with van der Waals surface area (Å²) in [6.45, 7) is 2.41. The van der Waals surface area contributed by atoms with Crippen molar-refractivity contribution in [2.75, 3.05) is 20.1 Å². The summed E-state index contributed by atoms with van der Waals surface area (Å²) in [4.78, 5) is 2.41. The summed E-state index contributed by atoms with van der Waals surface area (Å²) >= 11 is 0. The normalized spacial score (nSPS) is 21.1. The first-order valence-electron chi connectivity index (χ1n) is 6.44. The van der Waals surface area contributed by atoms with Gasteiger partial charge in [-0.3, -0.25) is 0 Å². The van der Waals surface area contributed by atoms with Crippen molar-refractivity contribution in [3.05, 3.63) is 35.4 Å².